The van der Waals surface area contributed by atoms with Crippen molar-refractivity contribution in [1.29, 1.82) is 0 Å². The Labute approximate surface area is 104 Å². The van der Waals surface area contributed by atoms with Gasteiger partial charge in [-0.05, 0) is 29.8 Å². The van der Waals surface area contributed by atoms with Crippen molar-refractivity contribution in [3.05, 3.63) is 59.7 Å². The van der Waals surface area contributed by atoms with E-state index < -0.39 is 0 Å². The lowest BCUT2D eigenvalue weighted by molar-refractivity contribution is 0.0946. The maximum atomic E-state index is 12.9. The number of anilines is 1. The number of carbonyl (C=O) groups excluding carboxylic acids is 1. The second kappa shape index (κ2) is 5.27. The van der Waals surface area contributed by atoms with Crippen molar-refractivity contribution in [2.45, 2.75) is 6.54 Å². The largest absolute Gasteiger partial charge is 0.397 e. The van der Waals surface area contributed by atoms with Crippen LogP contribution in [0.25, 0.3) is 0 Å². The predicted molar refractivity (Wildman–Crippen MR) is 66.2 cm³/mol. The highest BCUT2D eigenvalue weighted by Gasteiger charge is 2.06. The molecule has 92 valence electrons. The van der Waals surface area contributed by atoms with E-state index in [0.717, 1.165) is 0 Å². The van der Waals surface area contributed by atoms with Gasteiger partial charge in [0, 0.05) is 6.54 Å². The minimum atomic E-state index is -0.327. The van der Waals surface area contributed by atoms with Crippen LogP contribution in [0.5, 0.6) is 0 Å². The number of hydrogen-bond acceptors (Lipinski definition) is 3. The normalized spacial score (nSPS) is 10.1. The van der Waals surface area contributed by atoms with Gasteiger partial charge in [-0.1, -0.05) is 12.1 Å². The fourth-order valence-corrected chi connectivity index (χ4v) is 1.46. The Morgan fingerprint density at radius 1 is 1.33 bits per heavy atom. The number of hydrogen-bond donors (Lipinski definition) is 2. The summed E-state index contributed by atoms with van der Waals surface area (Å²) in [5.41, 5.74) is 6.94. The molecule has 0 aliphatic heterocycles. The summed E-state index contributed by atoms with van der Waals surface area (Å²) in [6, 6.07) is 9.20. The van der Waals surface area contributed by atoms with Crippen LogP contribution in [-0.2, 0) is 6.54 Å². The molecule has 2 aromatic rings. The van der Waals surface area contributed by atoms with E-state index in [1.165, 1.54) is 24.4 Å². The van der Waals surface area contributed by atoms with Crippen LogP contribution >= 0.6 is 0 Å². The van der Waals surface area contributed by atoms with E-state index in [1.54, 1.807) is 18.2 Å². The van der Waals surface area contributed by atoms with E-state index in [9.17, 15) is 9.18 Å². The number of nitrogen functional groups attached to an aromatic ring is 1. The summed E-state index contributed by atoms with van der Waals surface area (Å²) in [5, 5.41) is 2.65. The highest BCUT2D eigenvalue weighted by Crippen LogP contribution is 2.04. The number of nitrogens with zero attached hydrogens (tertiary/aromatic N) is 1. The monoisotopic (exact) mass is 245 g/mol. The molecule has 0 bridgehead atoms. The fraction of sp³-hybridized carbons (Fsp3) is 0.0769. The molecule has 3 N–H and O–H groups in total. The maximum Gasteiger partial charge on any atom is 0.270 e. The molecule has 5 heteroatoms. The van der Waals surface area contributed by atoms with Crippen LogP contribution in [0.4, 0.5) is 10.1 Å². The molecule has 4 nitrogen and oxygen atoms in total. The standard InChI is InChI=1S/C13H12FN3O/c14-10-3-1-2-9(6-10)7-17-13(18)12-5-4-11(15)8-16-12/h1-6,8H,7,15H2,(H,17,18). The Bertz CT molecular complexity index is 554. The summed E-state index contributed by atoms with van der Waals surface area (Å²) >= 11 is 0. The van der Waals surface area contributed by atoms with Crippen LogP contribution in [0.3, 0.4) is 0 Å². The van der Waals surface area contributed by atoms with E-state index in [2.05, 4.69) is 10.3 Å². The number of benzene rings is 1. The summed E-state index contributed by atoms with van der Waals surface area (Å²) in [4.78, 5) is 15.6. The molecule has 18 heavy (non-hydrogen) atoms. The summed E-state index contributed by atoms with van der Waals surface area (Å²) in [6.45, 7) is 0.253. The van der Waals surface area contributed by atoms with Gasteiger partial charge in [0.1, 0.15) is 11.5 Å². The van der Waals surface area contributed by atoms with Crippen LogP contribution in [0.2, 0.25) is 0 Å². The molecule has 0 aliphatic carbocycles. The molecule has 0 saturated carbocycles. The average Bonchev–Trinajstić information content (AvgIpc) is 2.37. The summed E-state index contributed by atoms with van der Waals surface area (Å²) in [5.74, 6) is -0.647. The summed E-state index contributed by atoms with van der Waals surface area (Å²) in [6.07, 6.45) is 1.41. The van der Waals surface area contributed by atoms with E-state index in [4.69, 9.17) is 5.73 Å². The number of carbonyl (C=O) groups is 1. The quantitative estimate of drug-likeness (QED) is 0.865. The minimum Gasteiger partial charge on any atom is -0.397 e. The Hall–Kier alpha value is -2.43. The van der Waals surface area contributed by atoms with Gasteiger partial charge in [-0.25, -0.2) is 9.37 Å². The van der Waals surface area contributed by atoms with Crippen molar-refractivity contribution in [3.8, 4) is 0 Å². The van der Waals surface area contributed by atoms with Crippen molar-refractivity contribution < 1.29 is 9.18 Å². The summed E-state index contributed by atoms with van der Waals surface area (Å²) in [7, 11) is 0. The minimum absolute atomic E-state index is 0.253. The summed E-state index contributed by atoms with van der Waals surface area (Å²) < 4.78 is 12.9. The van der Waals surface area contributed by atoms with E-state index in [-0.39, 0.29) is 24.0 Å². The number of pyridine rings is 1. The molecule has 2 rings (SSSR count). The van der Waals surface area contributed by atoms with Gasteiger partial charge in [-0.2, -0.15) is 0 Å². The number of amides is 1. The molecular weight excluding hydrogens is 233 g/mol. The zero-order chi connectivity index (χ0) is 13.0. The molecule has 1 amide bonds. The lowest BCUT2D eigenvalue weighted by Crippen LogP contribution is -2.23. The molecule has 1 heterocycles. The van der Waals surface area contributed by atoms with Gasteiger partial charge in [0.25, 0.3) is 5.91 Å². The van der Waals surface area contributed by atoms with Crippen LogP contribution in [-0.4, -0.2) is 10.9 Å². The van der Waals surface area contributed by atoms with Crippen LogP contribution in [0, 0.1) is 5.82 Å². The smallest absolute Gasteiger partial charge is 0.270 e. The van der Waals surface area contributed by atoms with Crippen molar-refractivity contribution >= 4 is 11.6 Å². The second-order valence-electron chi connectivity index (χ2n) is 3.79. The van der Waals surface area contributed by atoms with E-state index in [1.807, 2.05) is 0 Å². The molecule has 0 aliphatic rings. The fourth-order valence-electron chi connectivity index (χ4n) is 1.46. The first-order chi connectivity index (χ1) is 8.65. The predicted octanol–water partition coefficient (Wildman–Crippen LogP) is 1.73. The maximum absolute atomic E-state index is 12.9. The molecule has 1 aromatic carbocycles. The molecule has 0 spiro atoms. The number of nitrogens with one attached hydrogen (secondary N) is 1. The first kappa shape index (κ1) is 12.0. The lowest BCUT2D eigenvalue weighted by atomic mass is 10.2. The molecule has 0 atom stereocenters. The van der Waals surface area contributed by atoms with Crippen LogP contribution in [0.1, 0.15) is 16.1 Å². The Morgan fingerprint density at radius 3 is 2.83 bits per heavy atom. The van der Waals surface area contributed by atoms with Crippen molar-refractivity contribution in [1.82, 2.24) is 10.3 Å². The molecule has 0 radical (unpaired) electrons. The third kappa shape index (κ3) is 3.04. The van der Waals surface area contributed by atoms with Crippen LogP contribution in [0.15, 0.2) is 42.6 Å². The first-order valence-corrected chi connectivity index (χ1v) is 5.39. The third-order valence-corrected chi connectivity index (χ3v) is 2.36. The van der Waals surface area contributed by atoms with E-state index >= 15 is 0 Å². The van der Waals surface area contributed by atoms with Gasteiger partial charge in [-0.3, -0.25) is 4.79 Å². The Kier molecular flexibility index (Phi) is 3.52. The van der Waals surface area contributed by atoms with Gasteiger partial charge in [0.15, 0.2) is 0 Å². The van der Waals surface area contributed by atoms with E-state index in [0.29, 0.717) is 11.3 Å². The third-order valence-electron chi connectivity index (χ3n) is 2.36. The number of aromatic nitrogens is 1. The SMILES string of the molecule is Nc1ccc(C(=O)NCc2cccc(F)c2)nc1. The molecule has 1 aromatic heterocycles. The molecule has 0 unspecified atom stereocenters. The zero-order valence-corrected chi connectivity index (χ0v) is 9.56. The topological polar surface area (TPSA) is 68.0 Å². The zero-order valence-electron chi connectivity index (χ0n) is 9.56. The Balaban J connectivity index is 1.98. The number of rotatable bonds is 3. The van der Waals surface area contributed by atoms with Crippen molar-refractivity contribution in [3.63, 3.8) is 0 Å². The highest BCUT2D eigenvalue weighted by atomic mass is 19.1. The number of nitrogens with two attached hydrogens (primary N) is 1. The average molecular weight is 245 g/mol. The second-order valence-corrected chi connectivity index (χ2v) is 3.79. The van der Waals surface area contributed by atoms with Gasteiger partial charge in [0.05, 0.1) is 11.9 Å². The highest BCUT2D eigenvalue weighted by molar-refractivity contribution is 5.92. The van der Waals surface area contributed by atoms with Gasteiger partial charge >= 0.3 is 0 Å². The number of halogens is 1. The van der Waals surface area contributed by atoms with Gasteiger partial charge in [-0.15, -0.1) is 0 Å². The van der Waals surface area contributed by atoms with Gasteiger partial charge < -0.3 is 11.1 Å². The first-order valence-electron chi connectivity index (χ1n) is 5.39. The van der Waals surface area contributed by atoms with Crippen molar-refractivity contribution in [2.24, 2.45) is 0 Å². The Morgan fingerprint density at radius 2 is 2.17 bits per heavy atom. The molecule has 0 saturated heterocycles. The lowest BCUT2D eigenvalue weighted by Gasteiger charge is -2.05. The van der Waals surface area contributed by atoms with Crippen molar-refractivity contribution in [2.75, 3.05) is 5.73 Å². The molecular formula is C13H12FN3O. The van der Waals surface area contributed by atoms with Crippen LogP contribution < -0.4 is 11.1 Å². The molecule has 0 fully saturated rings. The van der Waals surface area contributed by atoms with Gasteiger partial charge in [0.2, 0.25) is 0 Å².